The standard InChI is InChI=1S/C24H33N3O4/c1-15-22(20-13-19(31-3)10-11-21(20)26(15)2)23(29)25-17-8-6-16(7-9-17)24(30)27-12-4-5-18(28)14-27/h10-11,13,16-18,28H,4-9,12,14H2,1-3H3,(H,25,29). The van der Waals surface area contributed by atoms with Crippen LogP contribution in [-0.4, -0.2) is 58.7 Å². The van der Waals surface area contributed by atoms with E-state index in [1.165, 1.54) is 0 Å². The number of carbonyl (C=O) groups is 2. The summed E-state index contributed by atoms with van der Waals surface area (Å²) >= 11 is 0. The smallest absolute Gasteiger partial charge is 0.253 e. The quantitative estimate of drug-likeness (QED) is 0.786. The van der Waals surface area contributed by atoms with Crippen LogP contribution in [0.2, 0.25) is 0 Å². The molecule has 0 bridgehead atoms. The number of aryl methyl sites for hydroxylation is 1. The van der Waals surface area contributed by atoms with Gasteiger partial charge in [-0.15, -0.1) is 0 Å². The van der Waals surface area contributed by atoms with Crippen LogP contribution < -0.4 is 10.1 Å². The first kappa shape index (κ1) is 21.7. The molecule has 31 heavy (non-hydrogen) atoms. The number of aliphatic hydroxyl groups is 1. The number of β-amino-alcohol motifs (C(OH)–C–C–N with tert-alkyl or cyclic N) is 1. The van der Waals surface area contributed by atoms with Crippen molar-refractivity contribution in [3.63, 3.8) is 0 Å². The number of ether oxygens (including phenoxy) is 1. The summed E-state index contributed by atoms with van der Waals surface area (Å²) in [5.41, 5.74) is 2.62. The Morgan fingerprint density at radius 2 is 1.90 bits per heavy atom. The molecule has 1 unspecified atom stereocenters. The van der Waals surface area contributed by atoms with Crippen molar-refractivity contribution >= 4 is 22.7 Å². The zero-order valence-electron chi connectivity index (χ0n) is 18.7. The van der Waals surface area contributed by atoms with E-state index >= 15 is 0 Å². The van der Waals surface area contributed by atoms with Gasteiger partial charge in [0.15, 0.2) is 0 Å². The van der Waals surface area contributed by atoms with Crippen LogP contribution in [0.1, 0.15) is 54.6 Å². The van der Waals surface area contributed by atoms with E-state index in [4.69, 9.17) is 4.74 Å². The Labute approximate surface area is 183 Å². The van der Waals surface area contributed by atoms with Gasteiger partial charge in [0.1, 0.15) is 5.75 Å². The van der Waals surface area contributed by atoms with Gasteiger partial charge in [0.2, 0.25) is 5.91 Å². The van der Waals surface area contributed by atoms with Crippen LogP contribution in [0.5, 0.6) is 5.75 Å². The molecular weight excluding hydrogens is 394 g/mol. The molecule has 2 aromatic rings. The van der Waals surface area contributed by atoms with Gasteiger partial charge in [-0.2, -0.15) is 0 Å². The van der Waals surface area contributed by atoms with E-state index in [1.807, 2.05) is 41.6 Å². The second-order valence-corrected chi connectivity index (χ2v) is 9.00. The molecule has 2 fully saturated rings. The van der Waals surface area contributed by atoms with Crippen molar-refractivity contribution < 1.29 is 19.4 Å². The summed E-state index contributed by atoms with van der Waals surface area (Å²) in [7, 11) is 3.59. The topological polar surface area (TPSA) is 83.8 Å². The number of hydrogen-bond acceptors (Lipinski definition) is 4. The highest BCUT2D eigenvalue weighted by Gasteiger charge is 2.32. The molecule has 1 aromatic carbocycles. The van der Waals surface area contributed by atoms with Gasteiger partial charge in [-0.1, -0.05) is 0 Å². The van der Waals surface area contributed by atoms with E-state index in [1.54, 1.807) is 7.11 Å². The third-order valence-corrected chi connectivity index (χ3v) is 7.05. The van der Waals surface area contributed by atoms with E-state index in [2.05, 4.69) is 5.32 Å². The van der Waals surface area contributed by atoms with E-state index in [0.717, 1.165) is 67.4 Å². The number of fused-ring (bicyclic) bond motifs is 1. The fourth-order valence-corrected chi connectivity index (χ4v) is 5.12. The SMILES string of the molecule is COc1ccc2c(c1)c(C(=O)NC1CCC(C(=O)N3CCCC(O)C3)CC1)c(C)n2C. The fraction of sp³-hybridized carbons (Fsp3) is 0.583. The number of benzene rings is 1. The number of amides is 2. The largest absolute Gasteiger partial charge is 0.497 e. The normalized spacial score (nSPS) is 24.3. The first-order valence-electron chi connectivity index (χ1n) is 11.3. The molecule has 2 heterocycles. The zero-order chi connectivity index (χ0) is 22.1. The molecule has 0 radical (unpaired) electrons. The Balaban J connectivity index is 1.40. The van der Waals surface area contributed by atoms with Crippen LogP contribution in [0.4, 0.5) is 0 Å². The number of aromatic nitrogens is 1. The Kier molecular flexibility index (Phi) is 6.23. The van der Waals surface area contributed by atoms with Gasteiger partial charge in [0.05, 0.1) is 18.8 Å². The summed E-state index contributed by atoms with van der Waals surface area (Å²) in [6.07, 6.45) is 4.40. The van der Waals surface area contributed by atoms with Crippen LogP contribution in [0.15, 0.2) is 18.2 Å². The molecule has 1 saturated carbocycles. The molecule has 2 amide bonds. The first-order valence-corrected chi connectivity index (χ1v) is 11.3. The number of aliphatic hydroxyl groups excluding tert-OH is 1. The Morgan fingerprint density at radius 1 is 1.16 bits per heavy atom. The van der Waals surface area contributed by atoms with Gasteiger partial charge in [-0.05, 0) is 63.6 Å². The van der Waals surface area contributed by atoms with Gasteiger partial charge in [-0.3, -0.25) is 9.59 Å². The minimum Gasteiger partial charge on any atom is -0.497 e. The highest BCUT2D eigenvalue weighted by Crippen LogP contribution is 2.30. The summed E-state index contributed by atoms with van der Waals surface area (Å²) in [6.45, 7) is 3.17. The van der Waals surface area contributed by atoms with Crippen molar-refractivity contribution in [2.24, 2.45) is 13.0 Å². The number of piperidine rings is 1. The number of likely N-dealkylation sites (tertiary alicyclic amines) is 1. The molecule has 1 aliphatic carbocycles. The molecule has 7 heteroatoms. The molecule has 7 nitrogen and oxygen atoms in total. The Morgan fingerprint density at radius 3 is 2.58 bits per heavy atom. The predicted octanol–water partition coefficient (Wildman–Crippen LogP) is 2.77. The van der Waals surface area contributed by atoms with Gasteiger partial charge in [-0.25, -0.2) is 0 Å². The van der Waals surface area contributed by atoms with Crippen molar-refractivity contribution in [3.8, 4) is 5.75 Å². The van der Waals surface area contributed by atoms with Crippen molar-refractivity contribution in [2.75, 3.05) is 20.2 Å². The molecule has 0 spiro atoms. The van der Waals surface area contributed by atoms with Crippen LogP contribution in [0.3, 0.4) is 0 Å². The highest BCUT2D eigenvalue weighted by molar-refractivity contribution is 6.08. The monoisotopic (exact) mass is 427 g/mol. The van der Waals surface area contributed by atoms with E-state index in [9.17, 15) is 14.7 Å². The molecule has 2 aliphatic rings. The van der Waals surface area contributed by atoms with E-state index in [0.29, 0.717) is 12.1 Å². The lowest BCUT2D eigenvalue weighted by molar-refractivity contribution is -0.139. The summed E-state index contributed by atoms with van der Waals surface area (Å²) < 4.78 is 7.39. The fourth-order valence-electron chi connectivity index (χ4n) is 5.12. The minimum absolute atomic E-state index is 0.00186. The van der Waals surface area contributed by atoms with E-state index in [-0.39, 0.29) is 23.8 Å². The van der Waals surface area contributed by atoms with Gasteiger partial charge in [0, 0.05) is 48.7 Å². The number of rotatable bonds is 4. The third-order valence-electron chi connectivity index (χ3n) is 7.05. The number of nitrogens with zero attached hydrogens (tertiary/aromatic N) is 2. The number of hydrogen-bond donors (Lipinski definition) is 2. The summed E-state index contributed by atoms with van der Waals surface area (Å²) in [4.78, 5) is 27.8. The van der Waals surface area contributed by atoms with Crippen LogP contribution in [0, 0.1) is 12.8 Å². The molecule has 1 saturated heterocycles. The third kappa shape index (κ3) is 4.28. The summed E-state index contributed by atoms with van der Waals surface area (Å²) in [5.74, 6) is 0.835. The molecular formula is C24H33N3O4. The van der Waals surface area contributed by atoms with Crippen LogP contribution >= 0.6 is 0 Å². The summed E-state index contributed by atoms with van der Waals surface area (Å²) in [6, 6.07) is 5.87. The zero-order valence-corrected chi connectivity index (χ0v) is 18.7. The maximum Gasteiger partial charge on any atom is 0.253 e. The molecule has 2 N–H and O–H groups in total. The second kappa shape index (κ2) is 8.91. The van der Waals surface area contributed by atoms with Crippen LogP contribution in [0.25, 0.3) is 10.9 Å². The minimum atomic E-state index is -0.393. The number of nitrogens with one attached hydrogen (secondary N) is 1. The number of carbonyl (C=O) groups excluding carboxylic acids is 2. The Hall–Kier alpha value is -2.54. The Bertz CT molecular complexity index is 975. The molecule has 1 aliphatic heterocycles. The average Bonchev–Trinajstić information content (AvgIpc) is 3.03. The lowest BCUT2D eigenvalue weighted by atomic mass is 9.84. The van der Waals surface area contributed by atoms with Gasteiger partial charge >= 0.3 is 0 Å². The number of methoxy groups -OCH3 is 1. The first-order chi connectivity index (χ1) is 14.9. The molecule has 1 atom stereocenters. The molecule has 4 rings (SSSR count). The van der Waals surface area contributed by atoms with Crippen LogP contribution in [-0.2, 0) is 11.8 Å². The molecule has 168 valence electrons. The maximum atomic E-state index is 13.2. The van der Waals surface area contributed by atoms with Gasteiger partial charge in [0.25, 0.3) is 5.91 Å². The van der Waals surface area contributed by atoms with E-state index < -0.39 is 6.10 Å². The highest BCUT2D eigenvalue weighted by atomic mass is 16.5. The lowest BCUT2D eigenvalue weighted by Gasteiger charge is -2.35. The molecule has 1 aromatic heterocycles. The summed E-state index contributed by atoms with van der Waals surface area (Å²) in [5, 5.41) is 14.0. The van der Waals surface area contributed by atoms with Crippen molar-refractivity contribution in [1.29, 1.82) is 0 Å². The van der Waals surface area contributed by atoms with Gasteiger partial charge < -0.3 is 24.6 Å². The predicted molar refractivity (Wildman–Crippen MR) is 119 cm³/mol. The van der Waals surface area contributed by atoms with Crippen molar-refractivity contribution in [3.05, 3.63) is 29.5 Å². The lowest BCUT2D eigenvalue weighted by Crippen LogP contribution is -2.46. The second-order valence-electron chi connectivity index (χ2n) is 9.00. The average molecular weight is 428 g/mol. The van der Waals surface area contributed by atoms with Crippen molar-refractivity contribution in [2.45, 2.75) is 57.6 Å². The van der Waals surface area contributed by atoms with Crippen molar-refractivity contribution in [1.82, 2.24) is 14.8 Å². The maximum absolute atomic E-state index is 13.2.